The highest BCUT2D eigenvalue weighted by Gasteiger charge is 2.14. The molecule has 0 aliphatic rings. The molecular weight excluding hydrogens is 505 g/mol. The summed E-state index contributed by atoms with van der Waals surface area (Å²) >= 11 is 17.2. The number of nitrogens with zero attached hydrogens (tertiary/aromatic N) is 1. The van der Waals surface area contributed by atoms with Crippen LogP contribution in [0.25, 0.3) is 22.4 Å². The predicted molar refractivity (Wildman–Crippen MR) is 141 cm³/mol. The molecule has 1 amide bonds. The minimum atomic E-state index is -0.463. The third-order valence-electron chi connectivity index (χ3n) is 5.14. The third-order valence-corrected chi connectivity index (χ3v) is 5.85. The second kappa shape index (κ2) is 9.92. The number of nitrogens with one attached hydrogen (secondary N) is 2. The largest absolute Gasteiger partial charge is 0.451 e. The van der Waals surface area contributed by atoms with Gasteiger partial charge in [-0.1, -0.05) is 35.3 Å². The SMILES string of the molecule is O=C(NC(=S)Nc1ccc2oc(Cc3ccc(Cl)cc3)nc2c1)c1ccc(-c2ccc(Cl)cc2)o1. The summed E-state index contributed by atoms with van der Waals surface area (Å²) in [5.41, 5.74) is 3.84. The number of furan rings is 1. The fourth-order valence-corrected chi connectivity index (χ4v) is 3.92. The van der Waals surface area contributed by atoms with Crippen LogP contribution in [0, 0.1) is 0 Å². The fraction of sp³-hybridized carbons (Fsp3) is 0.0385. The van der Waals surface area contributed by atoms with Crippen LogP contribution in [0.15, 0.2) is 87.7 Å². The lowest BCUT2D eigenvalue weighted by atomic mass is 10.1. The van der Waals surface area contributed by atoms with E-state index in [2.05, 4.69) is 15.6 Å². The Balaban J connectivity index is 1.22. The molecule has 3 aromatic carbocycles. The number of oxazole rings is 1. The van der Waals surface area contributed by atoms with Crippen LogP contribution in [0.5, 0.6) is 0 Å². The van der Waals surface area contributed by atoms with E-state index in [1.807, 2.05) is 36.4 Å². The van der Waals surface area contributed by atoms with Crippen molar-refractivity contribution < 1.29 is 13.6 Å². The van der Waals surface area contributed by atoms with E-state index in [0.29, 0.717) is 44.9 Å². The van der Waals surface area contributed by atoms with Gasteiger partial charge in [0, 0.05) is 27.7 Å². The Hall–Kier alpha value is -3.65. The average Bonchev–Trinajstić information content (AvgIpc) is 3.48. The van der Waals surface area contributed by atoms with Crippen molar-refractivity contribution in [2.75, 3.05) is 5.32 Å². The van der Waals surface area contributed by atoms with Crippen LogP contribution in [0.1, 0.15) is 22.0 Å². The van der Waals surface area contributed by atoms with Gasteiger partial charge in [-0.15, -0.1) is 0 Å². The van der Waals surface area contributed by atoms with Gasteiger partial charge in [0.25, 0.3) is 5.91 Å². The Morgan fingerprint density at radius 1 is 0.886 bits per heavy atom. The first kappa shape index (κ1) is 23.1. The van der Waals surface area contributed by atoms with Crippen molar-refractivity contribution in [3.05, 3.63) is 106 Å². The van der Waals surface area contributed by atoms with E-state index in [1.54, 1.807) is 42.5 Å². The number of halogens is 2. The van der Waals surface area contributed by atoms with E-state index < -0.39 is 5.91 Å². The van der Waals surface area contributed by atoms with Crippen molar-refractivity contribution in [1.82, 2.24) is 10.3 Å². The minimum Gasteiger partial charge on any atom is -0.451 e. The molecule has 2 aromatic heterocycles. The molecule has 0 spiro atoms. The Labute approximate surface area is 215 Å². The summed E-state index contributed by atoms with van der Waals surface area (Å²) in [7, 11) is 0. The molecule has 0 radical (unpaired) electrons. The summed E-state index contributed by atoms with van der Waals surface area (Å²) in [5, 5.41) is 7.04. The second-order valence-electron chi connectivity index (χ2n) is 7.67. The Morgan fingerprint density at radius 2 is 1.60 bits per heavy atom. The molecule has 2 N–H and O–H groups in total. The number of benzene rings is 3. The van der Waals surface area contributed by atoms with Gasteiger partial charge in [-0.25, -0.2) is 4.98 Å². The van der Waals surface area contributed by atoms with Gasteiger partial charge in [0.2, 0.25) is 0 Å². The number of anilines is 1. The first-order chi connectivity index (χ1) is 16.9. The van der Waals surface area contributed by atoms with Crippen molar-refractivity contribution in [2.24, 2.45) is 0 Å². The molecule has 0 saturated carbocycles. The van der Waals surface area contributed by atoms with Crippen LogP contribution in [-0.2, 0) is 6.42 Å². The highest BCUT2D eigenvalue weighted by atomic mass is 35.5. The monoisotopic (exact) mass is 521 g/mol. The minimum absolute atomic E-state index is 0.128. The maximum atomic E-state index is 12.6. The highest BCUT2D eigenvalue weighted by Crippen LogP contribution is 2.24. The van der Waals surface area contributed by atoms with Crippen LogP contribution in [0.2, 0.25) is 10.0 Å². The molecule has 0 fully saturated rings. The second-order valence-corrected chi connectivity index (χ2v) is 8.95. The van der Waals surface area contributed by atoms with Crippen LogP contribution < -0.4 is 10.6 Å². The van der Waals surface area contributed by atoms with Gasteiger partial charge >= 0.3 is 0 Å². The first-order valence-corrected chi connectivity index (χ1v) is 11.7. The zero-order valence-electron chi connectivity index (χ0n) is 18.0. The van der Waals surface area contributed by atoms with Gasteiger partial charge in [0.05, 0.1) is 0 Å². The number of hydrogen-bond donors (Lipinski definition) is 2. The van der Waals surface area contributed by atoms with E-state index in [4.69, 9.17) is 44.3 Å². The summed E-state index contributed by atoms with van der Waals surface area (Å²) < 4.78 is 11.5. The maximum absolute atomic E-state index is 12.6. The number of thiocarbonyl (C=S) groups is 1. The van der Waals surface area contributed by atoms with Crippen LogP contribution in [-0.4, -0.2) is 16.0 Å². The molecule has 0 aliphatic carbocycles. The van der Waals surface area contributed by atoms with Crippen LogP contribution >= 0.6 is 35.4 Å². The normalized spacial score (nSPS) is 10.9. The van der Waals surface area contributed by atoms with E-state index in [0.717, 1.165) is 11.1 Å². The lowest BCUT2D eigenvalue weighted by Crippen LogP contribution is -2.33. The number of aromatic nitrogens is 1. The van der Waals surface area contributed by atoms with E-state index >= 15 is 0 Å². The smallest absolute Gasteiger partial charge is 0.293 e. The van der Waals surface area contributed by atoms with Crippen molar-refractivity contribution in [3.8, 4) is 11.3 Å². The molecule has 35 heavy (non-hydrogen) atoms. The van der Waals surface area contributed by atoms with Crippen molar-refractivity contribution >= 4 is 63.2 Å². The van der Waals surface area contributed by atoms with Crippen LogP contribution in [0.3, 0.4) is 0 Å². The standard InChI is InChI=1S/C26H17Cl2N3O3S/c27-17-5-1-15(2-6-17)13-24-30-20-14-19(9-10-22(20)34-24)29-26(35)31-25(32)23-12-11-21(33-23)16-3-7-18(28)8-4-16/h1-12,14H,13H2,(H2,29,31,32,35). The molecule has 5 rings (SSSR count). The zero-order valence-corrected chi connectivity index (χ0v) is 20.4. The van der Waals surface area contributed by atoms with E-state index in [-0.39, 0.29) is 10.9 Å². The summed E-state index contributed by atoms with van der Waals surface area (Å²) in [6, 6.07) is 23.4. The first-order valence-electron chi connectivity index (χ1n) is 10.5. The number of fused-ring (bicyclic) bond motifs is 1. The molecule has 9 heteroatoms. The molecule has 6 nitrogen and oxygen atoms in total. The van der Waals surface area contributed by atoms with Gasteiger partial charge in [-0.3, -0.25) is 10.1 Å². The van der Waals surface area contributed by atoms with Crippen molar-refractivity contribution in [3.63, 3.8) is 0 Å². The molecule has 0 saturated heterocycles. The molecule has 5 aromatic rings. The highest BCUT2D eigenvalue weighted by molar-refractivity contribution is 7.80. The molecule has 0 atom stereocenters. The zero-order chi connectivity index (χ0) is 24.4. The fourth-order valence-electron chi connectivity index (χ4n) is 3.46. The topological polar surface area (TPSA) is 80.3 Å². The maximum Gasteiger partial charge on any atom is 0.293 e. The Bertz CT molecular complexity index is 1530. The Morgan fingerprint density at radius 3 is 2.34 bits per heavy atom. The number of carbonyl (C=O) groups is 1. The summed E-state index contributed by atoms with van der Waals surface area (Å²) in [6.45, 7) is 0. The molecular formula is C26H17Cl2N3O3S. The number of carbonyl (C=O) groups excluding carboxylic acids is 1. The summed E-state index contributed by atoms with van der Waals surface area (Å²) in [5.74, 6) is 0.814. The van der Waals surface area contributed by atoms with E-state index in [9.17, 15) is 4.79 Å². The molecule has 0 bridgehead atoms. The average molecular weight is 522 g/mol. The van der Waals surface area contributed by atoms with Gasteiger partial charge < -0.3 is 14.2 Å². The van der Waals surface area contributed by atoms with Gasteiger partial charge in [0.15, 0.2) is 22.3 Å². The number of hydrogen-bond acceptors (Lipinski definition) is 5. The predicted octanol–water partition coefficient (Wildman–Crippen LogP) is 7.11. The molecule has 174 valence electrons. The quantitative estimate of drug-likeness (QED) is 0.240. The molecule has 0 unspecified atom stereocenters. The van der Waals surface area contributed by atoms with Gasteiger partial charge in [-0.2, -0.15) is 0 Å². The Kier molecular flexibility index (Phi) is 6.55. The van der Waals surface area contributed by atoms with Crippen molar-refractivity contribution in [1.29, 1.82) is 0 Å². The van der Waals surface area contributed by atoms with Crippen LogP contribution in [0.4, 0.5) is 5.69 Å². The molecule has 2 heterocycles. The van der Waals surface area contributed by atoms with Gasteiger partial charge in [-0.05, 0) is 84.5 Å². The summed E-state index contributed by atoms with van der Waals surface area (Å²) in [4.78, 5) is 17.1. The van der Waals surface area contributed by atoms with Gasteiger partial charge in [0.1, 0.15) is 11.3 Å². The number of rotatable bonds is 5. The van der Waals surface area contributed by atoms with Crippen molar-refractivity contribution in [2.45, 2.75) is 6.42 Å². The number of amides is 1. The van der Waals surface area contributed by atoms with E-state index in [1.165, 1.54) is 0 Å². The molecule has 0 aliphatic heterocycles. The third kappa shape index (κ3) is 5.54. The lowest BCUT2D eigenvalue weighted by molar-refractivity contribution is 0.0951. The summed E-state index contributed by atoms with van der Waals surface area (Å²) in [6.07, 6.45) is 0.546. The lowest BCUT2D eigenvalue weighted by Gasteiger charge is -2.08.